The van der Waals surface area contributed by atoms with E-state index in [-0.39, 0.29) is 6.61 Å². The van der Waals surface area contributed by atoms with Gasteiger partial charge in [-0.25, -0.2) is 0 Å². The zero-order chi connectivity index (χ0) is 14.8. The van der Waals surface area contributed by atoms with Gasteiger partial charge in [0.05, 0.1) is 10.6 Å². The van der Waals surface area contributed by atoms with E-state index in [0.717, 1.165) is 5.56 Å². The van der Waals surface area contributed by atoms with E-state index in [4.69, 9.17) is 27.9 Å². The Kier molecular flexibility index (Phi) is 5.19. The fourth-order valence-corrected chi connectivity index (χ4v) is 2.37. The van der Waals surface area contributed by atoms with Crippen LogP contribution in [0.15, 0.2) is 12.1 Å². The van der Waals surface area contributed by atoms with Crippen LogP contribution in [0.3, 0.4) is 0 Å². The fourth-order valence-electron chi connectivity index (χ4n) is 1.78. The maximum atomic E-state index is 10.0. The average molecular weight is 318 g/mol. The standard InChI is InChI=1S/C15H21Cl2NO2/c1-3-15(2,19)9-20-14-10(8-18-12-4-5-12)6-11(16)7-13(14)17/h6-7,12,18-19H,3-5,8-9H2,1-2H3. The van der Waals surface area contributed by atoms with Crippen LogP contribution in [-0.2, 0) is 6.54 Å². The lowest BCUT2D eigenvalue weighted by atomic mass is 10.1. The van der Waals surface area contributed by atoms with Crippen LogP contribution in [-0.4, -0.2) is 23.4 Å². The van der Waals surface area contributed by atoms with Crippen molar-refractivity contribution in [2.45, 2.75) is 51.3 Å². The number of nitrogens with one attached hydrogen (secondary N) is 1. The first kappa shape index (κ1) is 15.9. The summed E-state index contributed by atoms with van der Waals surface area (Å²) in [4.78, 5) is 0. The molecule has 20 heavy (non-hydrogen) atoms. The van der Waals surface area contributed by atoms with Crippen molar-refractivity contribution in [3.63, 3.8) is 0 Å². The summed E-state index contributed by atoms with van der Waals surface area (Å²) < 4.78 is 5.75. The van der Waals surface area contributed by atoms with Gasteiger partial charge in [-0.15, -0.1) is 0 Å². The van der Waals surface area contributed by atoms with E-state index in [1.165, 1.54) is 12.8 Å². The lowest BCUT2D eigenvalue weighted by Crippen LogP contribution is -2.31. The zero-order valence-electron chi connectivity index (χ0n) is 11.9. The second kappa shape index (κ2) is 6.52. The van der Waals surface area contributed by atoms with Crippen molar-refractivity contribution >= 4 is 23.2 Å². The van der Waals surface area contributed by atoms with Gasteiger partial charge in [-0.2, -0.15) is 0 Å². The summed E-state index contributed by atoms with van der Waals surface area (Å²) in [6.45, 7) is 4.55. The zero-order valence-corrected chi connectivity index (χ0v) is 13.4. The molecule has 0 bridgehead atoms. The van der Waals surface area contributed by atoms with Gasteiger partial charge in [0.25, 0.3) is 0 Å². The Labute approximate surface area is 130 Å². The minimum atomic E-state index is -0.857. The third-order valence-electron chi connectivity index (χ3n) is 3.53. The molecule has 0 amide bonds. The normalized spacial score (nSPS) is 17.9. The third kappa shape index (κ3) is 4.52. The molecule has 1 aliphatic carbocycles. The number of hydrogen-bond acceptors (Lipinski definition) is 3. The van der Waals surface area contributed by atoms with Crippen molar-refractivity contribution < 1.29 is 9.84 Å². The molecule has 1 aliphatic rings. The van der Waals surface area contributed by atoms with Gasteiger partial charge in [-0.3, -0.25) is 0 Å². The summed E-state index contributed by atoms with van der Waals surface area (Å²) in [6.07, 6.45) is 3.05. The number of halogens is 2. The molecule has 1 fully saturated rings. The van der Waals surface area contributed by atoms with E-state index >= 15 is 0 Å². The number of benzene rings is 1. The van der Waals surface area contributed by atoms with Crippen molar-refractivity contribution in [2.75, 3.05) is 6.61 Å². The number of hydrogen-bond donors (Lipinski definition) is 2. The Morgan fingerprint density at radius 1 is 1.40 bits per heavy atom. The summed E-state index contributed by atoms with van der Waals surface area (Å²) in [5.74, 6) is 0.609. The molecular formula is C15H21Cl2NO2. The van der Waals surface area contributed by atoms with Gasteiger partial charge in [0.2, 0.25) is 0 Å². The highest BCUT2D eigenvalue weighted by molar-refractivity contribution is 6.35. The van der Waals surface area contributed by atoms with Crippen LogP contribution in [0.2, 0.25) is 10.0 Å². The summed E-state index contributed by atoms with van der Waals surface area (Å²) in [5, 5.41) is 14.5. The molecule has 0 spiro atoms. The summed E-state index contributed by atoms with van der Waals surface area (Å²) in [5.41, 5.74) is 0.0748. The van der Waals surface area contributed by atoms with Crippen molar-refractivity contribution in [3.8, 4) is 5.75 Å². The summed E-state index contributed by atoms with van der Waals surface area (Å²) in [6, 6.07) is 4.12. The second-order valence-electron chi connectivity index (χ2n) is 5.67. The summed E-state index contributed by atoms with van der Waals surface area (Å²) >= 11 is 12.3. The number of aliphatic hydroxyl groups is 1. The molecule has 0 aliphatic heterocycles. The molecule has 1 saturated carbocycles. The van der Waals surface area contributed by atoms with E-state index in [9.17, 15) is 5.11 Å². The van der Waals surface area contributed by atoms with Crippen LogP contribution in [0, 0.1) is 0 Å². The first-order valence-corrected chi connectivity index (χ1v) is 7.73. The van der Waals surface area contributed by atoms with Gasteiger partial charge in [0.15, 0.2) is 0 Å². The van der Waals surface area contributed by atoms with E-state index in [2.05, 4.69) is 5.32 Å². The molecule has 112 valence electrons. The largest absolute Gasteiger partial charge is 0.489 e. The predicted octanol–water partition coefficient (Wildman–Crippen LogP) is 3.79. The monoisotopic (exact) mass is 317 g/mol. The smallest absolute Gasteiger partial charge is 0.142 e. The van der Waals surface area contributed by atoms with E-state index < -0.39 is 5.60 Å². The molecular weight excluding hydrogens is 297 g/mol. The van der Waals surface area contributed by atoms with Gasteiger partial charge in [0.1, 0.15) is 12.4 Å². The van der Waals surface area contributed by atoms with Crippen molar-refractivity contribution in [1.82, 2.24) is 5.32 Å². The van der Waals surface area contributed by atoms with Crippen LogP contribution < -0.4 is 10.1 Å². The molecule has 1 atom stereocenters. The van der Waals surface area contributed by atoms with E-state index in [0.29, 0.717) is 34.8 Å². The summed E-state index contributed by atoms with van der Waals surface area (Å²) in [7, 11) is 0. The highest BCUT2D eigenvalue weighted by atomic mass is 35.5. The topological polar surface area (TPSA) is 41.5 Å². The van der Waals surface area contributed by atoms with E-state index in [1.54, 1.807) is 13.0 Å². The van der Waals surface area contributed by atoms with Gasteiger partial charge in [-0.1, -0.05) is 30.1 Å². The Bertz CT molecular complexity index is 473. The average Bonchev–Trinajstić information content (AvgIpc) is 3.19. The minimum Gasteiger partial charge on any atom is -0.489 e. The van der Waals surface area contributed by atoms with Crippen LogP contribution >= 0.6 is 23.2 Å². The molecule has 2 rings (SSSR count). The molecule has 1 aromatic rings. The van der Waals surface area contributed by atoms with Gasteiger partial charge in [-0.05, 0) is 38.3 Å². The molecule has 0 saturated heterocycles. The highest BCUT2D eigenvalue weighted by Gasteiger charge is 2.23. The third-order valence-corrected chi connectivity index (χ3v) is 4.03. The molecule has 1 unspecified atom stereocenters. The fraction of sp³-hybridized carbons (Fsp3) is 0.600. The molecule has 0 heterocycles. The molecule has 2 N–H and O–H groups in total. The predicted molar refractivity (Wildman–Crippen MR) is 82.7 cm³/mol. The van der Waals surface area contributed by atoms with Crippen molar-refractivity contribution in [2.24, 2.45) is 0 Å². The van der Waals surface area contributed by atoms with Crippen LogP contribution in [0.1, 0.15) is 38.7 Å². The van der Waals surface area contributed by atoms with Gasteiger partial charge in [0, 0.05) is 23.2 Å². The van der Waals surface area contributed by atoms with Crippen molar-refractivity contribution in [1.29, 1.82) is 0 Å². The number of rotatable bonds is 7. The van der Waals surface area contributed by atoms with Gasteiger partial charge < -0.3 is 15.2 Å². The van der Waals surface area contributed by atoms with Crippen LogP contribution in [0.25, 0.3) is 0 Å². The van der Waals surface area contributed by atoms with Crippen molar-refractivity contribution in [3.05, 3.63) is 27.7 Å². The first-order chi connectivity index (χ1) is 9.41. The van der Waals surface area contributed by atoms with Crippen LogP contribution in [0.5, 0.6) is 5.75 Å². The molecule has 1 aromatic carbocycles. The van der Waals surface area contributed by atoms with Gasteiger partial charge >= 0.3 is 0 Å². The lowest BCUT2D eigenvalue weighted by Gasteiger charge is -2.23. The SMILES string of the molecule is CCC(C)(O)COc1c(Cl)cc(Cl)cc1CNC1CC1. The Balaban J connectivity index is 2.11. The minimum absolute atomic E-state index is 0.210. The second-order valence-corrected chi connectivity index (χ2v) is 6.51. The molecule has 5 heteroatoms. The Morgan fingerprint density at radius 2 is 2.10 bits per heavy atom. The first-order valence-electron chi connectivity index (χ1n) is 6.98. The quantitative estimate of drug-likeness (QED) is 0.804. The molecule has 0 radical (unpaired) electrons. The Morgan fingerprint density at radius 3 is 2.70 bits per heavy atom. The maximum Gasteiger partial charge on any atom is 0.142 e. The molecule has 0 aromatic heterocycles. The lowest BCUT2D eigenvalue weighted by molar-refractivity contribution is 0.00820. The van der Waals surface area contributed by atoms with Crippen LogP contribution in [0.4, 0.5) is 0 Å². The maximum absolute atomic E-state index is 10.0. The van der Waals surface area contributed by atoms with E-state index in [1.807, 2.05) is 13.0 Å². The highest BCUT2D eigenvalue weighted by Crippen LogP contribution is 2.34. The number of ether oxygens (including phenoxy) is 1. The molecule has 3 nitrogen and oxygen atoms in total. The Hall–Kier alpha value is -0.480.